The summed E-state index contributed by atoms with van der Waals surface area (Å²) in [6.07, 6.45) is 6.91. The maximum atomic E-state index is 2.25. The summed E-state index contributed by atoms with van der Waals surface area (Å²) in [5.74, 6) is 0. The van der Waals surface area contributed by atoms with Crippen molar-refractivity contribution in [1.82, 2.24) is 0 Å². The molecule has 0 amide bonds. The van der Waals surface area contributed by atoms with Gasteiger partial charge in [0.2, 0.25) is 0 Å². The lowest BCUT2D eigenvalue weighted by molar-refractivity contribution is 0.971. The largest absolute Gasteiger partial charge is 0.0836 e. The summed E-state index contributed by atoms with van der Waals surface area (Å²) in [7, 11) is 0. The summed E-state index contributed by atoms with van der Waals surface area (Å²) in [6, 6.07) is 6.51. The molecule has 1 aliphatic carbocycles. The zero-order valence-electron chi connectivity index (χ0n) is 6.80. The second kappa shape index (κ2) is 2.54. The van der Waals surface area contributed by atoms with Gasteiger partial charge in [-0.05, 0) is 36.5 Å². The maximum Gasteiger partial charge on any atom is -0.0225 e. The van der Waals surface area contributed by atoms with Crippen molar-refractivity contribution >= 4 is 6.08 Å². The Balaban J connectivity index is 2.60. The first kappa shape index (κ1) is 6.66. The molecule has 1 aromatic rings. The van der Waals surface area contributed by atoms with Crippen LogP contribution in [0.3, 0.4) is 0 Å². The van der Waals surface area contributed by atoms with E-state index in [0.717, 1.165) is 0 Å². The molecule has 0 aliphatic heterocycles. The van der Waals surface area contributed by atoms with Gasteiger partial charge in [0.05, 0.1) is 0 Å². The molecule has 1 aliphatic rings. The summed E-state index contributed by atoms with van der Waals surface area (Å²) in [6.45, 7) is 2.19. The Morgan fingerprint density at radius 3 is 3.00 bits per heavy atom. The van der Waals surface area contributed by atoms with Crippen molar-refractivity contribution in [3.05, 3.63) is 41.0 Å². The minimum atomic E-state index is 1.21. The van der Waals surface area contributed by atoms with Gasteiger partial charge in [-0.1, -0.05) is 30.4 Å². The molecule has 0 heteroatoms. The molecule has 0 bridgehead atoms. The first-order valence-electron chi connectivity index (χ1n) is 4.13. The molecule has 0 aromatic heterocycles. The highest BCUT2D eigenvalue weighted by molar-refractivity contribution is 5.58. The number of hydrogen-bond acceptors (Lipinski definition) is 0. The van der Waals surface area contributed by atoms with E-state index in [-0.39, 0.29) is 0 Å². The van der Waals surface area contributed by atoms with E-state index < -0.39 is 0 Å². The number of allylic oxidation sites excluding steroid dienone is 1. The van der Waals surface area contributed by atoms with Crippen LogP contribution < -0.4 is 0 Å². The molecular formula is C11H12. The van der Waals surface area contributed by atoms with Crippen LogP contribution in [0.2, 0.25) is 0 Å². The lowest BCUT2D eigenvalue weighted by Crippen LogP contribution is -1.96. The van der Waals surface area contributed by atoms with E-state index in [1.807, 2.05) is 0 Å². The van der Waals surface area contributed by atoms with Crippen molar-refractivity contribution < 1.29 is 0 Å². The smallest absolute Gasteiger partial charge is 0.0225 e. The van der Waals surface area contributed by atoms with Crippen LogP contribution in [-0.2, 0) is 6.42 Å². The van der Waals surface area contributed by atoms with Crippen LogP contribution in [0.5, 0.6) is 0 Å². The molecule has 0 radical (unpaired) electrons. The fourth-order valence-electron chi connectivity index (χ4n) is 1.66. The standard InChI is InChI=1S/C11H12/c1-9-5-4-7-10-6-2-3-8-11(9)10/h2,4-7H,3,8H2,1H3. The molecule has 2 rings (SSSR count). The third-order valence-corrected chi connectivity index (χ3v) is 2.30. The van der Waals surface area contributed by atoms with Gasteiger partial charge in [-0.3, -0.25) is 0 Å². The Hall–Kier alpha value is -1.04. The highest BCUT2D eigenvalue weighted by Crippen LogP contribution is 2.21. The van der Waals surface area contributed by atoms with Gasteiger partial charge in [0.15, 0.2) is 0 Å². The van der Waals surface area contributed by atoms with Crippen LogP contribution in [-0.4, -0.2) is 0 Å². The van der Waals surface area contributed by atoms with Gasteiger partial charge in [-0.15, -0.1) is 0 Å². The first-order chi connectivity index (χ1) is 5.38. The molecule has 0 atom stereocenters. The highest BCUT2D eigenvalue weighted by Gasteiger charge is 2.04. The van der Waals surface area contributed by atoms with Gasteiger partial charge in [0.1, 0.15) is 0 Å². The van der Waals surface area contributed by atoms with Crippen molar-refractivity contribution in [2.24, 2.45) is 0 Å². The Bertz CT molecular complexity index is 295. The first-order valence-corrected chi connectivity index (χ1v) is 4.13. The van der Waals surface area contributed by atoms with Gasteiger partial charge in [-0.25, -0.2) is 0 Å². The fraction of sp³-hybridized carbons (Fsp3) is 0.273. The summed E-state index contributed by atoms with van der Waals surface area (Å²) in [4.78, 5) is 0. The second-order valence-corrected chi connectivity index (χ2v) is 3.08. The quantitative estimate of drug-likeness (QED) is 0.525. The molecule has 1 aromatic carbocycles. The number of rotatable bonds is 0. The molecule has 0 nitrogen and oxygen atoms in total. The molecule has 0 heterocycles. The van der Waals surface area contributed by atoms with Gasteiger partial charge in [0.25, 0.3) is 0 Å². The number of hydrogen-bond donors (Lipinski definition) is 0. The SMILES string of the molecule is Cc1cccc2c1CCC=C2. The Labute approximate surface area is 67.6 Å². The van der Waals surface area contributed by atoms with E-state index in [0.29, 0.717) is 0 Å². The van der Waals surface area contributed by atoms with Gasteiger partial charge >= 0.3 is 0 Å². The predicted octanol–water partition coefficient (Wildman–Crippen LogP) is 2.95. The predicted molar refractivity (Wildman–Crippen MR) is 48.5 cm³/mol. The molecule has 0 unspecified atom stereocenters. The van der Waals surface area contributed by atoms with Crippen LogP contribution in [0.4, 0.5) is 0 Å². The second-order valence-electron chi connectivity index (χ2n) is 3.08. The zero-order chi connectivity index (χ0) is 7.68. The Kier molecular flexibility index (Phi) is 1.54. The minimum Gasteiger partial charge on any atom is -0.0836 e. The van der Waals surface area contributed by atoms with E-state index in [1.165, 1.54) is 29.5 Å². The topological polar surface area (TPSA) is 0 Å². The van der Waals surface area contributed by atoms with Crippen LogP contribution in [0, 0.1) is 6.92 Å². The van der Waals surface area contributed by atoms with Crippen molar-refractivity contribution in [2.45, 2.75) is 19.8 Å². The number of benzene rings is 1. The van der Waals surface area contributed by atoms with Crippen LogP contribution in [0.15, 0.2) is 24.3 Å². The van der Waals surface area contributed by atoms with E-state index >= 15 is 0 Å². The minimum absolute atomic E-state index is 1.21. The molecule has 0 saturated heterocycles. The van der Waals surface area contributed by atoms with Crippen molar-refractivity contribution in [1.29, 1.82) is 0 Å². The summed E-state index contributed by atoms with van der Waals surface area (Å²) < 4.78 is 0. The third-order valence-electron chi connectivity index (χ3n) is 2.30. The van der Waals surface area contributed by atoms with Crippen molar-refractivity contribution in [2.75, 3.05) is 0 Å². The van der Waals surface area contributed by atoms with E-state index in [1.54, 1.807) is 0 Å². The maximum absolute atomic E-state index is 2.25. The lowest BCUT2D eigenvalue weighted by atomic mass is 9.94. The molecule has 11 heavy (non-hydrogen) atoms. The molecule has 0 spiro atoms. The number of aryl methyl sites for hydroxylation is 1. The number of fused-ring (bicyclic) bond motifs is 1. The highest BCUT2D eigenvalue weighted by atomic mass is 14.1. The molecule has 0 fully saturated rings. The molecular weight excluding hydrogens is 132 g/mol. The average Bonchev–Trinajstić information content (AvgIpc) is 2.06. The van der Waals surface area contributed by atoms with Gasteiger partial charge in [0, 0.05) is 0 Å². The summed E-state index contributed by atoms with van der Waals surface area (Å²) in [5, 5.41) is 0. The molecule has 0 saturated carbocycles. The van der Waals surface area contributed by atoms with Crippen molar-refractivity contribution in [3.63, 3.8) is 0 Å². The normalized spacial score (nSPS) is 14.6. The van der Waals surface area contributed by atoms with E-state index in [9.17, 15) is 0 Å². The van der Waals surface area contributed by atoms with E-state index in [2.05, 4.69) is 37.3 Å². The monoisotopic (exact) mass is 144 g/mol. The van der Waals surface area contributed by atoms with Crippen molar-refractivity contribution in [3.8, 4) is 0 Å². The zero-order valence-corrected chi connectivity index (χ0v) is 6.80. The van der Waals surface area contributed by atoms with Gasteiger partial charge < -0.3 is 0 Å². The molecule has 0 N–H and O–H groups in total. The fourth-order valence-corrected chi connectivity index (χ4v) is 1.66. The van der Waals surface area contributed by atoms with Crippen LogP contribution in [0.25, 0.3) is 6.08 Å². The lowest BCUT2D eigenvalue weighted by Gasteiger charge is -2.12. The van der Waals surface area contributed by atoms with E-state index in [4.69, 9.17) is 0 Å². The van der Waals surface area contributed by atoms with Crippen LogP contribution in [0.1, 0.15) is 23.1 Å². The summed E-state index contributed by atoms with van der Waals surface area (Å²) >= 11 is 0. The third kappa shape index (κ3) is 1.09. The average molecular weight is 144 g/mol. The Morgan fingerprint density at radius 2 is 2.18 bits per heavy atom. The Morgan fingerprint density at radius 1 is 1.27 bits per heavy atom. The van der Waals surface area contributed by atoms with Gasteiger partial charge in [-0.2, -0.15) is 0 Å². The van der Waals surface area contributed by atoms with Crippen LogP contribution >= 0.6 is 0 Å². The summed E-state index contributed by atoms with van der Waals surface area (Å²) in [5.41, 5.74) is 4.39. The molecule has 56 valence electrons.